The van der Waals surface area contributed by atoms with Gasteiger partial charge in [-0.15, -0.1) is 0 Å². The van der Waals surface area contributed by atoms with Crippen LogP contribution in [0.2, 0.25) is 0 Å². The number of nitro groups is 1. The van der Waals surface area contributed by atoms with Crippen LogP contribution >= 0.6 is 0 Å². The molecule has 0 fully saturated rings. The molecule has 0 bridgehead atoms. The van der Waals surface area contributed by atoms with Crippen LogP contribution in [-0.4, -0.2) is 29.3 Å². The zero-order chi connectivity index (χ0) is 20.5. The number of carbonyl (C=O) groups is 2. The number of hydrogen-bond acceptors (Lipinski definition) is 7. The molecule has 1 amide bonds. The fraction of sp³-hybridized carbons (Fsp3) is 0.0526. The number of hydrogen-bond donors (Lipinski definition) is 3. The maximum Gasteiger partial charge on any atom is 0.433 e. The van der Waals surface area contributed by atoms with Gasteiger partial charge in [-0.3, -0.25) is 25.1 Å². The lowest BCUT2D eigenvalue weighted by atomic mass is 10.1. The minimum atomic E-state index is -0.641. The number of carbonyl (C=O) groups excluding carboxylic acids is 2. The van der Waals surface area contributed by atoms with Crippen LogP contribution in [0.1, 0.15) is 16.1 Å². The summed E-state index contributed by atoms with van der Waals surface area (Å²) >= 11 is 0. The summed E-state index contributed by atoms with van der Waals surface area (Å²) in [6, 6.07) is 13.4. The standard InChI is InChI=1S/C12H12N2O2.C7H5NO4/c1-13-14-12(16)10-6-8-4-2-3-5-9(8)7-11(10)15;9-5-1-2-6-3-4-7(12-6)8(10)11/h2-7,13,15H,1H3,(H,14,16);1-5H/b;2-1+. The molecule has 1 aromatic heterocycles. The maximum absolute atomic E-state index is 11.6. The van der Waals surface area contributed by atoms with Crippen molar-refractivity contribution in [1.82, 2.24) is 10.9 Å². The SMILES string of the molecule is CNNC(=O)c1cc2ccccc2cc1O.O=C/C=C/c1ccc([N+](=O)[O-])o1. The van der Waals surface area contributed by atoms with Crippen molar-refractivity contribution < 1.29 is 24.0 Å². The molecule has 1 heterocycles. The van der Waals surface area contributed by atoms with E-state index in [4.69, 9.17) is 4.42 Å². The van der Waals surface area contributed by atoms with Crippen molar-refractivity contribution >= 4 is 34.9 Å². The summed E-state index contributed by atoms with van der Waals surface area (Å²) in [5.41, 5.74) is 5.21. The third kappa shape index (κ3) is 5.26. The zero-order valence-electron chi connectivity index (χ0n) is 14.8. The zero-order valence-corrected chi connectivity index (χ0v) is 14.8. The van der Waals surface area contributed by atoms with Gasteiger partial charge >= 0.3 is 5.88 Å². The number of benzene rings is 2. The number of phenols is 1. The lowest BCUT2D eigenvalue weighted by Gasteiger charge is -2.07. The Morgan fingerprint density at radius 1 is 1.18 bits per heavy atom. The van der Waals surface area contributed by atoms with Crippen molar-refractivity contribution in [2.45, 2.75) is 0 Å². The molecule has 0 aliphatic carbocycles. The van der Waals surface area contributed by atoms with Gasteiger partial charge in [0.15, 0.2) is 0 Å². The molecular formula is C19H17N3O6. The predicted molar refractivity (Wildman–Crippen MR) is 103 cm³/mol. The quantitative estimate of drug-likeness (QED) is 0.267. The van der Waals surface area contributed by atoms with Gasteiger partial charge in [0.2, 0.25) is 0 Å². The highest BCUT2D eigenvalue weighted by Crippen LogP contribution is 2.24. The average molecular weight is 383 g/mol. The molecule has 0 aliphatic rings. The molecule has 0 aliphatic heterocycles. The van der Waals surface area contributed by atoms with Gasteiger partial charge in [-0.1, -0.05) is 24.3 Å². The van der Waals surface area contributed by atoms with Crippen molar-refractivity contribution in [3.05, 3.63) is 76.0 Å². The van der Waals surface area contributed by atoms with Gasteiger partial charge in [0.1, 0.15) is 22.7 Å². The van der Waals surface area contributed by atoms with E-state index in [1.54, 1.807) is 19.2 Å². The van der Waals surface area contributed by atoms with Gasteiger partial charge < -0.3 is 9.52 Å². The molecule has 0 saturated carbocycles. The molecule has 3 rings (SSSR count). The van der Waals surface area contributed by atoms with Crippen LogP contribution in [0.25, 0.3) is 16.8 Å². The van der Waals surface area contributed by atoms with E-state index >= 15 is 0 Å². The number of rotatable bonds is 5. The number of nitrogens with one attached hydrogen (secondary N) is 2. The van der Waals surface area contributed by atoms with Gasteiger partial charge in [-0.25, -0.2) is 5.43 Å². The number of furan rings is 1. The Morgan fingerprint density at radius 3 is 2.43 bits per heavy atom. The highest BCUT2D eigenvalue weighted by molar-refractivity contribution is 6.01. The number of amides is 1. The molecule has 144 valence electrons. The first-order chi connectivity index (χ1) is 13.5. The Morgan fingerprint density at radius 2 is 1.86 bits per heavy atom. The number of hydrazine groups is 1. The summed E-state index contributed by atoms with van der Waals surface area (Å²) in [6.45, 7) is 0. The molecule has 3 N–H and O–H groups in total. The second kappa shape index (κ2) is 9.64. The Bertz CT molecular complexity index is 1030. The summed E-state index contributed by atoms with van der Waals surface area (Å²) in [5.74, 6) is -0.424. The molecule has 0 saturated heterocycles. The van der Waals surface area contributed by atoms with Crippen LogP contribution < -0.4 is 10.9 Å². The maximum atomic E-state index is 11.6. The van der Waals surface area contributed by atoms with Crippen molar-refractivity contribution in [1.29, 1.82) is 0 Å². The van der Waals surface area contributed by atoms with Gasteiger partial charge in [0.05, 0.1) is 11.6 Å². The van der Waals surface area contributed by atoms with Crippen molar-refractivity contribution in [3.63, 3.8) is 0 Å². The van der Waals surface area contributed by atoms with Crippen molar-refractivity contribution in [3.8, 4) is 5.75 Å². The molecule has 28 heavy (non-hydrogen) atoms. The molecule has 0 atom stereocenters. The van der Waals surface area contributed by atoms with Gasteiger partial charge in [0.25, 0.3) is 5.91 Å². The monoisotopic (exact) mass is 383 g/mol. The smallest absolute Gasteiger partial charge is 0.433 e. The minimum Gasteiger partial charge on any atom is -0.507 e. The first-order valence-corrected chi connectivity index (χ1v) is 8.01. The van der Waals surface area contributed by atoms with E-state index in [2.05, 4.69) is 10.9 Å². The molecule has 9 heteroatoms. The third-order valence-electron chi connectivity index (χ3n) is 3.48. The number of aromatic hydroxyl groups is 1. The molecular weight excluding hydrogens is 366 g/mol. The molecule has 3 aromatic rings. The average Bonchev–Trinajstić information content (AvgIpc) is 3.16. The Labute approximate surface area is 159 Å². The number of phenolic OH excluding ortho intramolecular Hbond substituents is 1. The fourth-order valence-electron chi connectivity index (χ4n) is 2.26. The molecule has 0 spiro atoms. The molecule has 2 aromatic carbocycles. The topological polar surface area (TPSA) is 135 Å². The number of fused-ring (bicyclic) bond motifs is 1. The van der Waals surface area contributed by atoms with Crippen LogP contribution in [0.5, 0.6) is 5.75 Å². The minimum absolute atomic E-state index is 0.0218. The van der Waals surface area contributed by atoms with Crippen LogP contribution in [0, 0.1) is 10.1 Å². The van der Waals surface area contributed by atoms with E-state index < -0.39 is 4.92 Å². The molecule has 0 radical (unpaired) electrons. The number of aldehydes is 1. The second-order valence-electron chi connectivity index (χ2n) is 5.35. The van der Waals surface area contributed by atoms with E-state index in [9.17, 15) is 24.8 Å². The van der Waals surface area contributed by atoms with E-state index in [0.717, 1.165) is 10.8 Å². The van der Waals surface area contributed by atoms with Crippen LogP contribution in [0.3, 0.4) is 0 Å². The van der Waals surface area contributed by atoms with Crippen LogP contribution in [0.4, 0.5) is 5.88 Å². The largest absolute Gasteiger partial charge is 0.507 e. The summed E-state index contributed by atoms with van der Waals surface area (Å²) < 4.78 is 4.70. The van der Waals surface area contributed by atoms with Gasteiger partial charge in [-0.05, 0) is 41.1 Å². The van der Waals surface area contributed by atoms with E-state index in [-0.39, 0.29) is 28.9 Å². The van der Waals surface area contributed by atoms with Crippen molar-refractivity contribution in [2.75, 3.05) is 7.05 Å². The Hall–Kier alpha value is -3.98. The molecule has 0 unspecified atom stereocenters. The van der Waals surface area contributed by atoms with Gasteiger partial charge in [0, 0.05) is 7.05 Å². The number of allylic oxidation sites excluding steroid dienone is 1. The highest BCUT2D eigenvalue weighted by Gasteiger charge is 2.11. The Kier molecular flexibility index (Phi) is 7.00. The van der Waals surface area contributed by atoms with E-state index in [1.165, 1.54) is 24.3 Å². The first-order valence-electron chi connectivity index (χ1n) is 8.01. The van der Waals surface area contributed by atoms with E-state index in [0.29, 0.717) is 6.29 Å². The highest BCUT2D eigenvalue weighted by atomic mass is 16.6. The summed E-state index contributed by atoms with van der Waals surface area (Å²) in [5, 5.41) is 21.6. The second-order valence-corrected chi connectivity index (χ2v) is 5.35. The Balaban J connectivity index is 0.000000209. The summed E-state index contributed by atoms with van der Waals surface area (Å²) in [6.07, 6.45) is 3.11. The lowest BCUT2D eigenvalue weighted by molar-refractivity contribution is -0.402. The van der Waals surface area contributed by atoms with Crippen molar-refractivity contribution in [2.24, 2.45) is 0 Å². The number of nitrogens with zero attached hydrogens (tertiary/aromatic N) is 1. The van der Waals surface area contributed by atoms with Gasteiger partial charge in [-0.2, -0.15) is 0 Å². The lowest BCUT2D eigenvalue weighted by Crippen LogP contribution is -2.34. The van der Waals surface area contributed by atoms with Crippen LogP contribution in [0.15, 0.2) is 59.0 Å². The normalized spacial score (nSPS) is 10.3. The fourth-order valence-corrected chi connectivity index (χ4v) is 2.26. The first kappa shape index (κ1) is 20.3. The molecule has 9 nitrogen and oxygen atoms in total. The van der Waals surface area contributed by atoms with E-state index in [1.807, 2.05) is 24.3 Å². The van der Waals surface area contributed by atoms with Crippen LogP contribution in [-0.2, 0) is 4.79 Å². The third-order valence-corrected chi connectivity index (χ3v) is 3.48. The summed E-state index contributed by atoms with van der Waals surface area (Å²) in [4.78, 5) is 30.9. The summed E-state index contributed by atoms with van der Waals surface area (Å²) in [7, 11) is 1.59. The predicted octanol–water partition coefficient (Wildman–Crippen LogP) is 2.81.